The molecule has 134 valence electrons. The van der Waals surface area contributed by atoms with Gasteiger partial charge >= 0.3 is 0 Å². The molecule has 0 aliphatic rings. The highest BCUT2D eigenvalue weighted by Gasteiger charge is 2.06. The van der Waals surface area contributed by atoms with Crippen LogP contribution < -0.4 is 4.74 Å². The van der Waals surface area contributed by atoms with Crippen LogP contribution in [-0.4, -0.2) is 10.8 Å². The van der Waals surface area contributed by atoms with Crippen molar-refractivity contribution in [1.29, 1.82) is 5.26 Å². The molecule has 0 amide bonds. The molecule has 1 atom stereocenters. The third kappa shape index (κ3) is 5.86. The molecule has 1 aromatic heterocycles. The van der Waals surface area contributed by atoms with Gasteiger partial charge in [-0.3, -0.25) is 0 Å². The molecule has 0 saturated heterocycles. The number of Topliss-reactive ketones (excluding diaryl/α,β-unsaturated/α-hetero) is 1. The van der Waals surface area contributed by atoms with Crippen molar-refractivity contribution in [1.82, 2.24) is 4.98 Å². The molecule has 4 heteroatoms. The SMILES string of the molecule is CCCc1ccc(Oc2ccc(/C=C/[C@H](C)CC(C)=O)cn2)cc1C#N. The third-order valence-electron chi connectivity index (χ3n) is 3.93. The van der Waals surface area contributed by atoms with Crippen LogP contribution in [0.4, 0.5) is 0 Å². The summed E-state index contributed by atoms with van der Waals surface area (Å²) < 4.78 is 5.76. The van der Waals surface area contributed by atoms with Crippen molar-refractivity contribution >= 4 is 11.9 Å². The highest BCUT2D eigenvalue weighted by Crippen LogP contribution is 2.23. The Bertz CT molecular complexity index is 817. The van der Waals surface area contributed by atoms with Gasteiger partial charge in [0.2, 0.25) is 5.88 Å². The average molecular weight is 348 g/mol. The standard InChI is InChI=1S/C22H24N2O2/c1-4-5-19-9-10-21(13-20(19)14-23)26-22-11-8-18(15-24-22)7-6-16(2)12-17(3)25/h6-11,13,15-16H,4-5,12H2,1-3H3/b7-6+/t16-/m0/s1. The number of carbonyl (C=O) groups excluding carboxylic acids is 1. The topological polar surface area (TPSA) is 63.0 Å². The quantitative estimate of drug-likeness (QED) is 0.647. The van der Waals surface area contributed by atoms with Crippen LogP contribution in [0.2, 0.25) is 0 Å². The molecule has 0 spiro atoms. The van der Waals surface area contributed by atoms with Gasteiger partial charge in [-0.2, -0.15) is 5.26 Å². The van der Waals surface area contributed by atoms with Crippen molar-refractivity contribution in [2.24, 2.45) is 5.92 Å². The van der Waals surface area contributed by atoms with Crippen molar-refractivity contribution in [3.8, 4) is 17.7 Å². The van der Waals surface area contributed by atoms with E-state index >= 15 is 0 Å². The molecule has 0 aliphatic heterocycles. The molecular formula is C22H24N2O2. The normalized spacial score (nSPS) is 11.9. The Hall–Kier alpha value is -2.93. The second-order valence-electron chi connectivity index (χ2n) is 6.46. The number of hydrogen-bond acceptors (Lipinski definition) is 4. The number of ketones is 1. The Morgan fingerprint density at radius 2 is 2.15 bits per heavy atom. The van der Waals surface area contributed by atoms with E-state index in [9.17, 15) is 10.1 Å². The molecule has 0 saturated carbocycles. The van der Waals surface area contributed by atoms with E-state index in [0.29, 0.717) is 23.6 Å². The second kappa shape index (κ2) is 9.53. The maximum Gasteiger partial charge on any atom is 0.219 e. The summed E-state index contributed by atoms with van der Waals surface area (Å²) in [5.41, 5.74) is 2.63. The zero-order valence-electron chi connectivity index (χ0n) is 15.5. The first-order valence-corrected chi connectivity index (χ1v) is 8.86. The minimum absolute atomic E-state index is 0.186. The number of pyridine rings is 1. The Morgan fingerprint density at radius 1 is 1.35 bits per heavy atom. The smallest absolute Gasteiger partial charge is 0.219 e. The van der Waals surface area contributed by atoms with E-state index in [4.69, 9.17) is 4.74 Å². The van der Waals surface area contributed by atoms with Crippen molar-refractivity contribution in [2.45, 2.75) is 40.0 Å². The van der Waals surface area contributed by atoms with Crippen LogP contribution in [0.15, 0.2) is 42.6 Å². The summed E-state index contributed by atoms with van der Waals surface area (Å²) in [6.45, 7) is 5.70. The van der Waals surface area contributed by atoms with Crippen LogP contribution >= 0.6 is 0 Å². The number of ether oxygens (including phenoxy) is 1. The first-order chi connectivity index (χ1) is 12.5. The van der Waals surface area contributed by atoms with Crippen molar-refractivity contribution in [3.63, 3.8) is 0 Å². The van der Waals surface area contributed by atoms with Crippen LogP contribution in [-0.2, 0) is 11.2 Å². The Balaban J connectivity index is 2.04. The van der Waals surface area contributed by atoms with Crippen LogP contribution in [0.1, 0.15) is 50.3 Å². The monoisotopic (exact) mass is 348 g/mol. The first-order valence-electron chi connectivity index (χ1n) is 8.86. The summed E-state index contributed by atoms with van der Waals surface area (Å²) in [7, 11) is 0. The van der Waals surface area contributed by atoms with Gasteiger partial charge in [0, 0.05) is 18.7 Å². The number of aromatic nitrogens is 1. The van der Waals surface area contributed by atoms with Crippen molar-refractivity contribution in [3.05, 3.63) is 59.3 Å². The largest absolute Gasteiger partial charge is 0.439 e. The van der Waals surface area contributed by atoms with E-state index in [1.165, 1.54) is 0 Å². The molecule has 2 rings (SSSR count). The number of allylic oxidation sites excluding steroid dienone is 1. The van der Waals surface area contributed by atoms with Crippen LogP contribution in [0, 0.1) is 17.2 Å². The Kier molecular flexibility index (Phi) is 7.11. The van der Waals surface area contributed by atoms with Gasteiger partial charge < -0.3 is 9.53 Å². The van der Waals surface area contributed by atoms with E-state index in [2.05, 4.69) is 18.0 Å². The second-order valence-corrected chi connectivity index (χ2v) is 6.46. The van der Waals surface area contributed by atoms with Crippen LogP contribution in [0.25, 0.3) is 6.08 Å². The number of nitrogens with zero attached hydrogens (tertiary/aromatic N) is 2. The van der Waals surface area contributed by atoms with E-state index < -0.39 is 0 Å². The molecule has 0 N–H and O–H groups in total. The minimum atomic E-state index is 0.186. The van der Waals surface area contributed by atoms with Crippen LogP contribution in [0.5, 0.6) is 11.6 Å². The van der Waals surface area contributed by atoms with Gasteiger partial charge in [-0.15, -0.1) is 0 Å². The lowest BCUT2D eigenvalue weighted by atomic mass is 10.0. The fourth-order valence-electron chi connectivity index (χ4n) is 2.68. The molecular weight excluding hydrogens is 324 g/mol. The predicted octanol–water partition coefficient (Wildman–Crippen LogP) is 5.33. The van der Waals surface area contributed by atoms with E-state index in [0.717, 1.165) is 24.0 Å². The van der Waals surface area contributed by atoms with Gasteiger partial charge in [0.15, 0.2) is 0 Å². The number of aryl methyl sites for hydroxylation is 1. The van der Waals surface area contributed by atoms with Gasteiger partial charge in [0.1, 0.15) is 11.5 Å². The van der Waals surface area contributed by atoms with Crippen molar-refractivity contribution < 1.29 is 9.53 Å². The molecule has 4 nitrogen and oxygen atoms in total. The Morgan fingerprint density at radius 3 is 2.77 bits per heavy atom. The molecule has 0 bridgehead atoms. The maximum absolute atomic E-state index is 11.1. The zero-order valence-corrected chi connectivity index (χ0v) is 15.5. The highest BCUT2D eigenvalue weighted by atomic mass is 16.5. The summed E-state index contributed by atoms with van der Waals surface area (Å²) in [5.74, 6) is 1.47. The molecule has 2 aromatic rings. The van der Waals surface area contributed by atoms with Gasteiger partial charge in [-0.1, -0.05) is 38.5 Å². The number of benzene rings is 1. The maximum atomic E-state index is 11.1. The summed E-state index contributed by atoms with van der Waals surface area (Å²) in [6, 6.07) is 11.5. The number of carbonyl (C=O) groups is 1. The van der Waals surface area contributed by atoms with Gasteiger partial charge in [0.05, 0.1) is 11.6 Å². The number of nitriles is 1. The summed E-state index contributed by atoms with van der Waals surface area (Å²) >= 11 is 0. The average Bonchev–Trinajstić information content (AvgIpc) is 2.62. The molecule has 0 unspecified atom stereocenters. The summed E-state index contributed by atoms with van der Waals surface area (Å²) in [6.07, 6.45) is 8.10. The number of rotatable bonds is 8. The predicted molar refractivity (Wildman–Crippen MR) is 103 cm³/mol. The molecule has 26 heavy (non-hydrogen) atoms. The van der Waals surface area contributed by atoms with E-state index in [1.54, 1.807) is 25.3 Å². The van der Waals surface area contributed by atoms with Gasteiger partial charge in [0.25, 0.3) is 0 Å². The summed E-state index contributed by atoms with van der Waals surface area (Å²) in [4.78, 5) is 15.4. The molecule has 0 aliphatic carbocycles. The highest BCUT2D eigenvalue weighted by molar-refractivity contribution is 5.76. The fraction of sp³-hybridized carbons (Fsp3) is 0.318. The molecule has 1 heterocycles. The number of hydrogen-bond donors (Lipinski definition) is 0. The minimum Gasteiger partial charge on any atom is -0.439 e. The third-order valence-corrected chi connectivity index (χ3v) is 3.93. The zero-order chi connectivity index (χ0) is 18.9. The lowest BCUT2D eigenvalue weighted by Crippen LogP contribution is -1.97. The molecule has 0 fully saturated rings. The lowest BCUT2D eigenvalue weighted by molar-refractivity contribution is -0.117. The van der Waals surface area contributed by atoms with E-state index in [-0.39, 0.29) is 11.7 Å². The summed E-state index contributed by atoms with van der Waals surface area (Å²) in [5, 5.41) is 9.28. The molecule has 1 aromatic carbocycles. The first kappa shape index (κ1) is 19.4. The Labute approximate surface area is 155 Å². The fourth-order valence-corrected chi connectivity index (χ4v) is 2.68. The van der Waals surface area contributed by atoms with Gasteiger partial charge in [-0.25, -0.2) is 4.98 Å². The van der Waals surface area contributed by atoms with Crippen LogP contribution in [0.3, 0.4) is 0 Å². The molecule has 0 radical (unpaired) electrons. The van der Waals surface area contributed by atoms with Gasteiger partial charge in [-0.05, 0) is 48.6 Å². The van der Waals surface area contributed by atoms with E-state index in [1.807, 2.05) is 37.3 Å². The van der Waals surface area contributed by atoms with Crippen molar-refractivity contribution in [2.75, 3.05) is 0 Å². The lowest BCUT2D eigenvalue weighted by Gasteiger charge is -2.08.